The third-order valence-electron chi connectivity index (χ3n) is 10.7. The lowest BCUT2D eigenvalue weighted by molar-refractivity contribution is -0.188. The molecule has 2 fully saturated rings. The molecular formula is C36H43N5O7. The molecule has 2 atom stereocenters. The van der Waals surface area contributed by atoms with Crippen molar-refractivity contribution in [3.8, 4) is 17.1 Å². The first-order chi connectivity index (χ1) is 23.3. The van der Waals surface area contributed by atoms with Crippen molar-refractivity contribution in [3.05, 3.63) is 56.9 Å². The maximum absolute atomic E-state index is 14.0. The normalized spacial score (nSPS) is 21.7. The summed E-state index contributed by atoms with van der Waals surface area (Å²) in [5, 5.41) is 0.859. The van der Waals surface area contributed by atoms with Crippen LogP contribution in [0.1, 0.15) is 74.6 Å². The highest BCUT2D eigenvalue weighted by atomic mass is 16.6. The van der Waals surface area contributed by atoms with Gasteiger partial charge in [0.15, 0.2) is 5.60 Å². The van der Waals surface area contributed by atoms with Gasteiger partial charge in [-0.2, -0.15) is 0 Å². The van der Waals surface area contributed by atoms with Gasteiger partial charge in [0.1, 0.15) is 24.7 Å². The molecule has 254 valence electrons. The molecule has 6 heterocycles. The third-order valence-corrected chi connectivity index (χ3v) is 10.7. The van der Waals surface area contributed by atoms with Crippen LogP contribution in [0.25, 0.3) is 22.3 Å². The van der Waals surface area contributed by atoms with Crippen molar-refractivity contribution < 1.29 is 28.6 Å². The molecule has 0 bridgehead atoms. The van der Waals surface area contributed by atoms with Crippen LogP contribution in [0.2, 0.25) is 0 Å². The van der Waals surface area contributed by atoms with Gasteiger partial charge in [0, 0.05) is 42.2 Å². The van der Waals surface area contributed by atoms with Crippen LogP contribution in [0, 0.1) is 0 Å². The maximum Gasteiger partial charge on any atom is 0.415 e. The van der Waals surface area contributed by atoms with Crippen molar-refractivity contribution in [1.29, 1.82) is 0 Å². The second-order valence-electron chi connectivity index (χ2n) is 13.2. The Morgan fingerprint density at radius 3 is 2.56 bits per heavy atom. The second kappa shape index (κ2) is 13.1. The molecule has 2 aromatic heterocycles. The van der Waals surface area contributed by atoms with Crippen LogP contribution in [0.15, 0.2) is 29.1 Å². The fraction of sp³-hybridized carbons (Fsp3) is 0.528. The molecule has 3 aromatic rings. The lowest BCUT2D eigenvalue weighted by Crippen LogP contribution is -2.49. The Labute approximate surface area is 279 Å². The molecule has 0 spiro atoms. The van der Waals surface area contributed by atoms with E-state index in [0.29, 0.717) is 72.2 Å². The number of likely N-dealkylation sites (tertiary alicyclic amines) is 2. The number of pyridine rings is 2. The summed E-state index contributed by atoms with van der Waals surface area (Å²) in [4.78, 5) is 61.5. The monoisotopic (exact) mass is 657 g/mol. The summed E-state index contributed by atoms with van der Waals surface area (Å²) in [7, 11) is 0. The van der Waals surface area contributed by atoms with Crippen LogP contribution in [0.5, 0.6) is 5.75 Å². The number of aromatic nitrogens is 2. The van der Waals surface area contributed by atoms with Gasteiger partial charge in [-0.3, -0.25) is 4.79 Å². The van der Waals surface area contributed by atoms with E-state index in [4.69, 9.17) is 24.9 Å². The minimum absolute atomic E-state index is 0.122. The van der Waals surface area contributed by atoms with Crippen LogP contribution in [-0.2, 0) is 44.2 Å². The Hall–Kier alpha value is -4.13. The lowest BCUT2D eigenvalue weighted by atomic mass is 9.85. The molecule has 12 nitrogen and oxygen atoms in total. The zero-order chi connectivity index (χ0) is 33.6. The van der Waals surface area contributed by atoms with E-state index in [9.17, 15) is 19.2 Å². The Morgan fingerprint density at radius 1 is 1.10 bits per heavy atom. The summed E-state index contributed by atoms with van der Waals surface area (Å²) in [5.41, 5.74) is 8.31. The van der Waals surface area contributed by atoms with Gasteiger partial charge in [0.25, 0.3) is 5.56 Å². The first kappa shape index (κ1) is 32.4. The number of aryl methyl sites for hydroxylation is 1. The summed E-state index contributed by atoms with van der Waals surface area (Å²) < 4.78 is 19.0. The van der Waals surface area contributed by atoms with Gasteiger partial charge < -0.3 is 39.1 Å². The van der Waals surface area contributed by atoms with Crippen LogP contribution in [0.4, 0.5) is 4.79 Å². The fourth-order valence-electron chi connectivity index (χ4n) is 8.04. The van der Waals surface area contributed by atoms with Crippen molar-refractivity contribution in [1.82, 2.24) is 19.4 Å². The molecule has 0 radical (unpaired) electrons. The van der Waals surface area contributed by atoms with Gasteiger partial charge in [0.05, 0.1) is 29.0 Å². The van der Waals surface area contributed by atoms with E-state index < -0.39 is 17.7 Å². The molecule has 2 saturated heterocycles. The minimum atomic E-state index is -1.65. The van der Waals surface area contributed by atoms with E-state index in [1.54, 1.807) is 28.5 Å². The quantitative estimate of drug-likeness (QED) is 0.220. The van der Waals surface area contributed by atoms with Crippen molar-refractivity contribution in [2.24, 2.45) is 5.73 Å². The van der Waals surface area contributed by atoms with E-state index in [1.165, 1.54) is 19.3 Å². The predicted octanol–water partition coefficient (Wildman–Crippen LogP) is 3.64. The number of fused-ring (bicyclic) bond motifs is 5. The molecule has 4 aliphatic heterocycles. The van der Waals surface area contributed by atoms with Gasteiger partial charge in [-0.15, -0.1) is 0 Å². The van der Waals surface area contributed by atoms with Gasteiger partial charge in [-0.25, -0.2) is 14.6 Å². The first-order valence-corrected chi connectivity index (χ1v) is 17.3. The topological polar surface area (TPSA) is 146 Å². The average molecular weight is 658 g/mol. The van der Waals surface area contributed by atoms with Crippen LogP contribution < -0.4 is 16.0 Å². The van der Waals surface area contributed by atoms with E-state index in [1.807, 2.05) is 19.1 Å². The number of aldehydes is 1. The van der Waals surface area contributed by atoms with Crippen LogP contribution in [-0.4, -0.2) is 82.6 Å². The van der Waals surface area contributed by atoms with Crippen molar-refractivity contribution in [2.45, 2.75) is 89.7 Å². The Bertz CT molecular complexity index is 1830. The standard InChI is InChI=1S/C36H43N5O7/c1-3-25-26-16-23(47-35(45)40-14-10-22(11-15-40)39-12-6-5-7-13-39)8-9-30(26)38-32-27(25)19-41-31(32)17-29-28(33(41)43)21-46-34(44)36(29,4-2)48-24(18-37)20-42/h8-9,16-17,20,22,24H,3-7,10-15,18-19,21,37H2,1-2H3. The minimum Gasteiger partial charge on any atom is -0.458 e. The number of ether oxygens (including phenoxy) is 3. The number of nitrogens with two attached hydrogens (primary N) is 1. The highest BCUT2D eigenvalue weighted by Gasteiger charge is 2.49. The van der Waals surface area contributed by atoms with Crippen LogP contribution in [0.3, 0.4) is 0 Å². The number of esters is 1. The Balaban J connectivity index is 1.18. The molecular weight excluding hydrogens is 614 g/mol. The first-order valence-electron chi connectivity index (χ1n) is 17.3. The highest BCUT2D eigenvalue weighted by molar-refractivity contribution is 5.90. The average Bonchev–Trinajstić information content (AvgIpc) is 3.49. The summed E-state index contributed by atoms with van der Waals surface area (Å²) >= 11 is 0. The van der Waals surface area contributed by atoms with Gasteiger partial charge in [-0.05, 0) is 81.4 Å². The third kappa shape index (κ3) is 5.39. The Kier molecular flexibility index (Phi) is 8.82. The number of rotatable bonds is 8. The summed E-state index contributed by atoms with van der Waals surface area (Å²) in [5.74, 6) is -0.204. The van der Waals surface area contributed by atoms with Gasteiger partial charge >= 0.3 is 12.1 Å². The number of benzene rings is 1. The largest absolute Gasteiger partial charge is 0.458 e. The number of carbonyl (C=O) groups excluding carboxylic acids is 3. The number of cyclic esters (lactones) is 1. The number of carbonyl (C=O) groups is 3. The van der Waals surface area contributed by atoms with Crippen LogP contribution >= 0.6 is 0 Å². The van der Waals surface area contributed by atoms with E-state index in [0.717, 1.165) is 42.4 Å². The number of hydrogen-bond donors (Lipinski definition) is 1. The number of piperidine rings is 2. The van der Waals surface area contributed by atoms with E-state index in [-0.39, 0.29) is 31.2 Å². The Morgan fingerprint density at radius 2 is 1.88 bits per heavy atom. The zero-order valence-corrected chi connectivity index (χ0v) is 27.7. The lowest BCUT2D eigenvalue weighted by Gasteiger charge is -2.39. The number of nitrogens with zero attached hydrogens (tertiary/aromatic N) is 4. The molecule has 0 aliphatic carbocycles. The summed E-state index contributed by atoms with van der Waals surface area (Å²) in [6, 6.07) is 7.79. The SMILES string of the molecule is CCc1c2c(nc3ccc(OC(=O)N4CCC(N5CCCCC5)CC4)cc13)-c1cc3c(c(=O)n1C2)COC(=O)C3(CC)OC(C=O)CN. The highest BCUT2D eigenvalue weighted by Crippen LogP contribution is 2.42. The van der Waals surface area contributed by atoms with Crippen molar-refractivity contribution in [3.63, 3.8) is 0 Å². The van der Waals surface area contributed by atoms with Gasteiger partial charge in [-0.1, -0.05) is 20.3 Å². The molecule has 48 heavy (non-hydrogen) atoms. The molecule has 2 unspecified atom stereocenters. The smallest absolute Gasteiger partial charge is 0.415 e. The maximum atomic E-state index is 14.0. The second-order valence-corrected chi connectivity index (χ2v) is 13.2. The molecule has 0 saturated carbocycles. The van der Waals surface area contributed by atoms with Gasteiger partial charge in [0.2, 0.25) is 0 Å². The molecule has 4 aliphatic rings. The molecule has 7 rings (SSSR count). The molecule has 1 amide bonds. The molecule has 12 heteroatoms. The molecule has 2 N–H and O–H groups in total. The van der Waals surface area contributed by atoms with E-state index >= 15 is 0 Å². The molecule has 1 aromatic carbocycles. The van der Waals surface area contributed by atoms with E-state index in [2.05, 4.69) is 4.90 Å². The fourth-order valence-corrected chi connectivity index (χ4v) is 8.04. The number of amides is 1. The zero-order valence-electron chi connectivity index (χ0n) is 27.7. The predicted molar refractivity (Wildman–Crippen MR) is 178 cm³/mol. The number of hydrogen-bond acceptors (Lipinski definition) is 10. The van der Waals surface area contributed by atoms with Crippen molar-refractivity contribution in [2.75, 3.05) is 32.7 Å². The summed E-state index contributed by atoms with van der Waals surface area (Å²) in [6.45, 7) is 7.46. The summed E-state index contributed by atoms with van der Waals surface area (Å²) in [6.07, 6.45) is 5.72. The van der Waals surface area contributed by atoms with Crippen molar-refractivity contribution >= 4 is 29.3 Å².